The number of carbonyl (C=O) groups excluding carboxylic acids is 1. The van der Waals surface area contributed by atoms with Crippen molar-refractivity contribution in [3.8, 4) is 10.6 Å². The minimum Gasteiger partial charge on any atom is -0.316 e. The standard InChI is InChI=1S/C30H27ClN4O3S4.ClH/c31-25-12-13-26(41-25)42(37,38)35-15-6-10-22(35)28(36)33-30-27(29-32-21-9-4-5-11-23(21)39-29)20-14-16-34(18-24(20)40-30)17-19-7-2-1-3-8-19;/h1-5,7-9,11-13,22H,6,10,14-18H2,(H,33,36);1H. The van der Waals surface area contributed by atoms with Crippen LogP contribution < -0.4 is 5.32 Å². The zero-order valence-electron chi connectivity index (χ0n) is 22.9. The number of sulfonamides is 1. The summed E-state index contributed by atoms with van der Waals surface area (Å²) in [7, 11) is -3.83. The lowest BCUT2D eigenvalue weighted by Crippen LogP contribution is -2.42. The maximum absolute atomic E-state index is 13.8. The first-order valence-electron chi connectivity index (χ1n) is 13.7. The predicted octanol–water partition coefficient (Wildman–Crippen LogP) is 7.51. The number of nitrogens with one attached hydrogen (secondary N) is 1. The van der Waals surface area contributed by atoms with Crippen LogP contribution in [0.15, 0.2) is 70.9 Å². The topological polar surface area (TPSA) is 82.6 Å². The average molecular weight is 692 g/mol. The minimum absolute atomic E-state index is 0. The van der Waals surface area contributed by atoms with Crippen LogP contribution in [0.2, 0.25) is 4.34 Å². The van der Waals surface area contributed by atoms with Gasteiger partial charge in [-0.1, -0.05) is 54.1 Å². The highest BCUT2D eigenvalue weighted by Crippen LogP contribution is 2.46. The fraction of sp³-hybridized carbons (Fsp3) is 0.267. The number of nitrogens with zero attached hydrogens (tertiary/aromatic N) is 3. The van der Waals surface area contributed by atoms with Crippen molar-refractivity contribution < 1.29 is 13.2 Å². The van der Waals surface area contributed by atoms with Gasteiger partial charge in [-0.3, -0.25) is 9.69 Å². The van der Waals surface area contributed by atoms with E-state index in [1.165, 1.54) is 26.4 Å². The smallest absolute Gasteiger partial charge is 0.253 e. The lowest BCUT2D eigenvalue weighted by molar-refractivity contribution is -0.119. The first-order valence-corrected chi connectivity index (χ1v) is 18.0. The van der Waals surface area contributed by atoms with Gasteiger partial charge in [-0.05, 0) is 54.7 Å². The summed E-state index contributed by atoms with van der Waals surface area (Å²) in [6.07, 6.45) is 1.94. The van der Waals surface area contributed by atoms with E-state index in [2.05, 4.69) is 40.5 Å². The number of rotatable bonds is 7. The second kappa shape index (κ2) is 12.6. The molecule has 3 aromatic heterocycles. The average Bonchev–Trinajstić information content (AvgIpc) is 3.78. The number of benzene rings is 2. The molecule has 7 rings (SSSR count). The second-order valence-electron chi connectivity index (χ2n) is 10.5. The van der Waals surface area contributed by atoms with Gasteiger partial charge in [0, 0.05) is 36.6 Å². The van der Waals surface area contributed by atoms with Crippen LogP contribution in [-0.4, -0.2) is 47.6 Å². The van der Waals surface area contributed by atoms with E-state index in [1.54, 1.807) is 28.7 Å². The minimum atomic E-state index is -3.83. The fourth-order valence-corrected chi connectivity index (χ4v) is 11.4. The van der Waals surface area contributed by atoms with Gasteiger partial charge in [-0.15, -0.1) is 46.4 Å². The number of thiophene rings is 2. The Morgan fingerprint density at radius 2 is 1.79 bits per heavy atom. The first-order chi connectivity index (χ1) is 20.4. The Bertz CT molecular complexity index is 1850. The van der Waals surface area contributed by atoms with Crippen molar-refractivity contribution in [2.75, 3.05) is 18.4 Å². The molecule has 1 fully saturated rings. The number of hydrogen-bond donors (Lipinski definition) is 1. The third-order valence-corrected chi connectivity index (χ3v) is 13.5. The molecular weight excluding hydrogens is 664 g/mol. The Morgan fingerprint density at radius 1 is 1.00 bits per heavy atom. The van der Waals surface area contributed by atoms with Crippen LogP contribution in [0.3, 0.4) is 0 Å². The third-order valence-electron chi connectivity index (χ3n) is 7.75. The predicted molar refractivity (Wildman–Crippen MR) is 179 cm³/mol. The summed E-state index contributed by atoms with van der Waals surface area (Å²) < 4.78 is 29.9. The van der Waals surface area contributed by atoms with Crippen molar-refractivity contribution in [1.29, 1.82) is 0 Å². The maximum atomic E-state index is 13.8. The van der Waals surface area contributed by atoms with Crippen molar-refractivity contribution in [3.05, 3.63) is 87.1 Å². The van der Waals surface area contributed by atoms with Gasteiger partial charge in [0.25, 0.3) is 10.0 Å². The van der Waals surface area contributed by atoms with Gasteiger partial charge in [0.15, 0.2) is 0 Å². The SMILES string of the molecule is Cl.O=C(Nc1sc2c(c1-c1nc3ccccc3s1)CCN(Cc1ccccc1)C2)C1CCCN1S(=O)(=O)c1ccc(Cl)s1. The van der Waals surface area contributed by atoms with Crippen LogP contribution in [0.5, 0.6) is 0 Å². The fourth-order valence-electron chi connectivity index (χ4n) is 5.76. The molecule has 2 aliphatic rings. The van der Waals surface area contributed by atoms with E-state index in [9.17, 15) is 13.2 Å². The molecule has 1 amide bonds. The van der Waals surface area contributed by atoms with Crippen LogP contribution in [0.25, 0.3) is 20.8 Å². The van der Waals surface area contributed by atoms with E-state index >= 15 is 0 Å². The van der Waals surface area contributed by atoms with Gasteiger partial charge in [-0.25, -0.2) is 13.4 Å². The van der Waals surface area contributed by atoms with Crippen molar-refractivity contribution in [1.82, 2.24) is 14.2 Å². The molecule has 1 N–H and O–H groups in total. The molecule has 5 aromatic rings. The highest BCUT2D eigenvalue weighted by atomic mass is 35.5. The molecule has 1 atom stereocenters. The molecule has 0 bridgehead atoms. The van der Waals surface area contributed by atoms with Crippen molar-refractivity contribution in [2.45, 2.75) is 42.6 Å². The van der Waals surface area contributed by atoms with Gasteiger partial charge in [-0.2, -0.15) is 4.31 Å². The molecule has 1 saturated heterocycles. The van der Waals surface area contributed by atoms with E-state index in [0.29, 0.717) is 23.7 Å². The molecule has 5 heterocycles. The van der Waals surface area contributed by atoms with Crippen LogP contribution in [0.1, 0.15) is 28.8 Å². The number of aromatic nitrogens is 1. The molecule has 0 saturated carbocycles. The number of hydrogen-bond acceptors (Lipinski definition) is 8. The molecular formula is C30H28Cl2N4O3S4. The second-order valence-corrected chi connectivity index (χ2v) is 16.4. The molecule has 7 nitrogen and oxygen atoms in total. The number of anilines is 1. The zero-order chi connectivity index (χ0) is 28.8. The number of para-hydroxylation sites is 1. The van der Waals surface area contributed by atoms with Gasteiger partial charge < -0.3 is 5.32 Å². The molecule has 2 aliphatic heterocycles. The summed E-state index contributed by atoms with van der Waals surface area (Å²) in [5, 5.41) is 4.80. The molecule has 0 radical (unpaired) electrons. The summed E-state index contributed by atoms with van der Waals surface area (Å²) in [6.45, 7) is 2.85. The van der Waals surface area contributed by atoms with Gasteiger partial charge in [0.1, 0.15) is 20.3 Å². The van der Waals surface area contributed by atoms with Crippen LogP contribution >= 0.6 is 58.0 Å². The van der Waals surface area contributed by atoms with Crippen molar-refractivity contribution >= 4 is 89.2 Å². The first kappa shape index (κ1) is 30.7. The van der Waals surface area contributed by atoms with Crippen LogP contribution in [-0.2, 0) is 34.3 Å². The van der Waals surface area contributed by atoms with Gasteiger partial charge >= 0.3 is 0 Å². The molecule has 224 valence electrons. The molecule has 13 heteroatoms. The summed E-state index contributed by atoms with van der Waals surface area (Å²) in [6, 6.07) is 20.8. The summed E-state index contributed by atoms with van der Waals surface area (Å²) in [4.78, 5) is 22.4. The highest BCUT2D eigenvalue weighted by molar-refractivity contribution is 7.91. The number of fused-ring (bicyclic) bond motifs is 2. The maximum Gasteiger partial charge on any atom is 0.253 e. The Hall–Kier alpha value is -2.35. The zero-order valence-corrected chi connectivity index (χ0v) is 27.7. The van der Waals surface area contributed by atoms with E-state index in [0.717, 1.165) is 63.2 Å². The Labute approximate surface area is 273 Å². The number of thiazole rings is 1. The molecule has 43 heavy (non-hydrogen) atoms. The molecule has 1 unspecified atom stereocenters. The Kier molecular flexibility index (Phi) is 8.96. The monoisotopic (exact) mass is 690 g/mol. The number of halogens is 2. The van der Waals surface area contributed by atoms with Crippen molar-refractivity contribution in [3.63, 3.8) is 0 Å². The van der Waals surface area contributed by atoms with E-state index < -0.39 is 16.1 Å². The van der Waals surface area contributed by atoms with Crippen LogP contribution in [0.4, 0.5) is 5.00 Å². The van der Waals surface area contributed by atoms with Crippen molar-refractivity contribution in [2.24, 2.45) is 0 Å². The normalized spacial score (nSPS) is 17.6. The summed E-state index contributed by atoms with van der Waals surface area (Å²) in [5.41, 5.74) is 4.40. The van der Waals surface area contributed by atoms with E-state index in [-0.39, 0.29) is 22.5 Å². The molecule has 0 spiro atoms. The van der Waals surface area contributed by atoms with E-state index in [4.69, 9.17) is 16.6 Å². The number of carbonyl (C=O) groups is 1. The lowest BCUT2D eigenvalue weighted by Gasteiger charge is -2.27. The van der Waals surface area contributed by atoms with E-state index in [1.807, 2.05) is 24.3 Å². The lowest BCUT2D eigenvalue weighted by atomic mass is 10.0. The molecule has 2 aromatic carbocycles. The van der Waals surface area contributed by atoms with Crippen LogP contribution in [0, 0.1) is 0 Å². The Morgan fingerprint density at radius 3 is 2.56 bits per heavy atom. The highest BCUT2D eigenvalue weighted by Gasteiger charge is 2.41. The third kappa shape index (κ3) is 6.02. The summed E-state index contributed by atoms with van der Waals surface area (Å²) >= 11 is 10.3. The molecule has 0 aliphatic carbocycles. The quantitative estimate of drug-likeness (QED) is 0.191. The summed E-state index contributed by atoms with van der Waals surface area (Å²) in [5.74, 6) is -0.305. The van der Waals surface area contributed by atoms with Gasteiger partial charge in [0.2, 0.25) is 5.91 Å². The largest absolute Gasteiger partial charge is 0.316 e. The Balaban J connectivity index is 0.00000329. The number of amides is 1. The van der Waals surface area contributed by atoms with Gasteiger partial charge in [0.05, 0.1) is 14.6 Å².